The Morgan fingerprint density at radius 3 is 2.45 bits per heavy atom. The number of guanidine groups is 1. The number of nitrogens with zero attached hydrogens (tertiary/aromatic N) is 1. The van der Waals surface area contributed by atoms with Gasteiger partial charge in [0.05, 0.1) is 0 Å². The van der Waals surface area contributed by atoms with Gasteiger partial charge in [0, 0.05) is 29.3 Å². The van der Waals surface area contributed by atoms with Gasteiger partial charge in [-0.05, 0) is 71.6 Å². The lowest BCUT2D eigenvalue weighted by Crippen LogP contribution is -2.52. The summed E-state index contributed by atoms with van der Waals surface area (Å²) in [7, 11) is 0. The maximum atomic E-state index is 13.4. The first-order valence-electron chi connectivity index (χ1n) is 11.2. The van der Waals surface area contributed by atoms with Gasteiger partial charge in [0.2, 0.25) is 5.91 Å². The van der Waals surface area contributed by atoms with Crippen molar-refractivity contribution >= 4 is 23.5 Å². The van der Waals surface area contributed by atoms with Gasteiger partial charge in [-0.25, -0.2) is 14.8 Å². The van der Waals surface area contributed by atoms with Crippen LogP contribution in [0.25, 0.3) is 0 Å². The lowest BCUT2D eigenvalue weighted by molar-refractivity contribution is -0.124. The molecule has 2 saturated carbocycles. The molecule has 0 radical (unpaired) electrons. The van der Waals surface area contributed by atoms with Crippen molar-refractivity contribution in [3.8, 4) is 0 Å². The Labute approximate surface area is 179 Å². The third-order valence-electron chi connectivity index (χ3n) is 6.18. The van der Waals surface area contributed by atoms with Crippen molar-refractivity contribution in [1.29, 1.82) is 0 Å². The number of hydrazine groups is 1. The summed E-state index contributed by atoms with van der Waals surface area (Å²) in [5, 5.41) is 6.57. The fourth-order valence-corrected chi connectivity index (χ4v) is 5.01. The molecule has 3 aliphatic rings. The van der Waals surface area contributed by atoms with E-state index in [9.17, 15) is 9.18 Å². The zero-order chi connectivity index (χ0) is 21.0. The number of hydrogen-bond acceptors (Lipinski definition) is 4. The Kier molecular flexibility index (Phi) is 7.79. The molecule has 0 aromatic heterocycles. The second kappa shape index (κ2) is 9.92. The molecule has 1 amide bonds. The van der Waals surface area contributed by atoms with Crippen molar-refractivity contribution in [3.05, 3.63) is 0 Å². The second-order valence-corrected chi connectivity index (χ2v) is 10.6. The van der Waals surface area contributed by atoms with Gasteiger partial charge in [-0.1, -0.05) is 6.42 Å². The van der Waals surface area contributed by atoms with Crippen molar-refractivity contribution in [2.45, 2.75) is 108 Å². The molecule has 29 heavy (non-hydrogen) atoms. The normalized spacial score (nSPS) is 36.7. The summed E-state index contributed by atoms with van der Waals surface area (Å²) in [4.78, 5) is 17.5. The highest BCUT2D eigenvalue weighted by Gasteiger charge is 2.34. The zero-order valence-corrected chi connectivity index (χ0v) is 18.7. The highest BCUT2D eigenvalue weighted by molar-refractivity contribution is 6.20. The van der Waals surface area contributed by atoms with E-state index in [0.29, 0.717) is 43.6 Å². The van der Waals surface area contributed by atoms with Gasteiger partial charge in [0.1, 0.15) is 12.3 Å². The molecule has 2 aliphatic carbocycles. The summed E-state index contributed by atoms with van der Waals surface area (Å²) in [5.74, 6) is 0.846. The van der Waals surface area contributed by atoms with Crippen molar-refractivity contribution in [2.75, 3.05) is 0 Å². The van der Waals surface area contributed by atoms with Crippen molar-refractivity contribution < 1.29 is 9.18 Å². The number of aliphatic imine (C=N–C) groups is 1. The second-order valence-electron chi connectivity index (χ2n) is 9.96. The summed E-state index contributed by atoms with van der Waals surface area (Å²) in [6.07, 6.45) is 6.65. The smallest absolute Gasteiger partial charge is 0.229 e. The predicted molar refractivity (Wildman–Crippen MR) is 115 cm³/mol. The standard InChI is InChI=1S/C21H37ClFN5O/c1-21(2,3)26-20(25-19(29)13-7-9-16(23)10-8-13)24-18-12-17(27-28-18)14-5-4-6-15(22)11-14/h13-18,27-28H,4-12H2,1-3H3,(H2,24,25,26,29). The van der Waals surface area contributed by atoms with E-state index in [1.165, 1.54) is 12.8 Å². The first-order valence-corrected chi connectivity index (χ1v) is 11.6. The molecule has 4 unspecified atom stereocenters. The molecule has 166 valence electrons. The molecular formula is C21H37ClFN5O. The number of carbonyl (C=O) groups is 1. The van der Waals surface area contributed by atoms with Gasteiger partial charge in [-0.3, -0.25) is 15.5 Å². The molecule has 1 saturated heterocycles. The third-order valence-corrected chi connectivity index (χ3v) is 6.58. The maximum absolute atomic E-state index is 13.4. The van der Waals surface area contributed by atoms with Gasteiger partial charge in [-0.15, -0.1) is 11.6 Å². The molecule has 1 aliphatic heterocycles. The third kappa shape index (κ3) is 7.07. The largest absolute Gasteiger partial charge is 0.351 e. The highest BCUT2D eigenvalue weighted by Crippen LogP contribution is 2.32. The Bertz CT molecular complexity index is 588. The van der Waals surface area contributed by atoms with Crippen LogP contribution in [0.15, 0.2) is 4.99 Å². The summed E-state index contributed by atoms with van der Waals surface area (Å²) in [6.45, 7) is 6.11. The molecule has 0 aromatic rings. The Balaban J connectivity index is 1.60. The average molecular weight is 430 g/mol. The minimum Gasteiger partial charge on any atom is -0.351 e. The number of hydrogen-bond donors (Lipinski definition) is 4. The van der Waals surface area contributed by atoms with Crippen LogP contribution in [0.3, 0.4) is 0 Å². The van der Waals surface area contributed by atoms with E-state index in [-0.39, 0.29) is 28.9 Å². The summed E-state index contributed by atoms with van der Waals surface area (Å²) in [6, 6.07) is 0.344. The molecule has 4 N–H and O–H groups in total. The Hall–Kier alpha value is -0.920. The van der Waals surface area contributed by atoms with Crippen LogP contribution in [0.4, 0.5) is 4.39 Å². The molecule has 4 atom stereocenters. The average Bonchev–Trinajstić information content (AvgIpc) is 3.09. The van der Waals surface area contributed by atoms with Crippen LogP contribution in [0.5, 0.6) is 0 Å². The SMILES string of the molecule is CC(C)(C)N/C(=N\C1CC(C2CCCC(Cl)C2)NN1)NC(=O)C1CCC(F)CC1. The van der Waals surface area contributed by atoms with Crippen LogP contribution in [0.1, 0.15) is 78.6 Å². The van der Waals surface area contributed by atoms with E-state index in [2.05, 4.69) is 21.5 Å². The number of carbonyl (C=O) groups excluding carboxylic acids is 1. The molecule has 3 fully saturated rings. The van der Waals surface area contributed by atoms with Gasteiger partial charge >= 0.3 is 0 Å². The quantitative estimate of drug-likeness (QED) is 0.315. The molecule has 0 bridgehead atoms. The van der Waals surface area contributed by atoms with Crippen LogP contribution in [-0.2, 0) is 4.79 Å². The van der Waals surface area contributed by atoms with Crippen LogP contribution in [0, 0.1) is 11.8 Å². The van der Waals surface area contributed by atoms with Crippen molar-refractivity contribution in [1.82, 2.24) is 21.5 Å². The van der Waals surface area contributed by atoms with E-state index >= 15 is 0 Å². The summed E-state index contributed by atoms with van der Waals surface area (Å²) >= 11 is 6.37. The number of alkyl halides is 2. The van der Waals surface area contributed by atoms with Gasteiger partial charge < -0.3 is 5.32 Å². The molecule has 0 aromatic carbocycles. The van der Waals surface area contributed by atoms with Crippen LogP contribution < -0.4 is 21.5 Å². The first kappa shape index (κ1) is 22.8. The van der Waals surface area contributed by atoms with Crippen molar-refractivity contribution in [2.24, 2.45) is 16.8 Å². The highest BCUT2D eigenvalue weighted by atomic mass is 35.5. The van der Waals surface area contributed by atoms with Crippen LogP contribution in [0.2, 0.25) is 0 Å². The summed E-state index contributed by atoms with van der Waals surface area (Å²) in [5.41, 5.74) is 6.43. The lowest BCUT2D eigenvalue weighted by atomic mass is 9.83. The van der Waals surface area contributed by atoms with E-state index in [4.69, 9.17) is 16.6 Å². The van der Waals surface area contributed by atoms with E-state index in [1.807, 2.05) is 20.8 Å². The number of amides is 1. The minimum absolute atomic E-state index is 0.0628. The number of halogens is 2. The lowest BCUT2D eigenvalue weighted by Gasteiger charge is -2.29. The number of nitrogens with one attached hydrogen (secondary N) is 4. The molecule has 6 nitrogen and oxygen atoms in total. The molecule has 0 spiro atoms. The maximum Gasteiger partial charge on any atom is 0.229 e. The fourth-order valence-electron chi connectivity index (χ4n) is 4.63. The van der Waals surface area contributed by atoms with E-state index in [1.54, 1.807) is 0 Å². The van der Waals surface area contributed by atoms with Gasteiger partial charge in [-0.2, -0.15) is 0 Å². The predicted octanol–water partition coefficient (Wildman–Crippen LogP) is 3.37. The van der Waals surface area contributed by atoms with Crippen LogP contribution in [-0.4, -0.2) is 41.2 Å². The molecule has 3 rings (SSSR count). The minimum atomic E-state index is -0.766. The van der Waals surface area contributed by atoms with E-state index in [0.717, 1.165) is 19.3 Å². The number of rotatable bonds is 3. The first-order chi connectivity index (χ1) is 13.7. The molecular weight excluding hydrogens is 393 g/mol. The molecule has 8 heteroatoms. The zero-order valence-electron chi connectivity index (χ0n) is 17.9. The fraction of sp³-hybridized carbons (Fsp3) is 0.905. The van der Waals surface area contributed by atoms with E-state index < -0.39 is 6.17 Å². The Morgan fingerprint density at radius 1 is 1.07 bits per heavy atom. The Morgan fingerprint density at radius 2 is 1.79 bits per heavy atom. The molecule has 1 heterocycles. The topological polar surface area (TPSA) is 77.6 Å². The van der Waals surface area contributed by atoms with Crippen LogP contribution >= 0.6 is 11.6 Å². The van der Waals surface area contributed by atoms with Crippen molar-refractivity contribution in [3.63, 3.8) is 0 Å². The van der Waals surface area contributed by atoms with Gasteiger partial charge in [0.25, 0.3) is 0 Å². The van der Waals surface area contributed by atoms with Gasteiger partial charge in [0.15, 0.2) is 5.96 Å². The summed E-state index contributed by atoms with van der Waals surface area (Å²) < 4.78 is 13.4. The monoisotopic (exact) mass is 429 g/mol.